The molecule has 0 fully saturated rings. The van der Waals surface area contributed by atoms with E-state index in [1.54, 1.807) is 0 Å². The number of aromatic nitrogens is 2. The molecule has 0 unspecified atom stereocenters. The maximum atomic E-state index is 12.2. The molecule has 1 amide bonds. The lowest BCUT2D eigenvalue weighted by molar-refractivity contribution is 0.0944. The van der Waals surface area contributed by atoms with E-state index in [9.17, 15) is 14.7 Å². The zero-order valence-corrected chi connectivity index (χ0v) is 11.9. The quantitative estimate of drug-likeness (QED) is 0.826. The molecule has 0 spiro atoms. The molecule has 7 heteroatoms. The lowest BCUT2D eigenvalue weighted by atomic mass is 10.2. The number of nitrogens with one attached hydrogen (secondary N) is 1. The number of amides is 1. The van der Waals surface area contributed by atoms with Crippen LogP contribution in [-0.2, 0) is 13.1 Å². The number of aromatic hydroxyl groups is 1. The summed E-state index contributed by atoms with van der Waals surface area (Å²) in [6, 6.07) is 9.34. The highest BCUT2D eigenvalue weighted by Crippen LogP contribution is 2.24. The van der Waals surface area contributed by atoms with E-state index in [0.717, 1.165) is 11.3 Å². The van der Waals surface area contributed by atoms with Gasteiger partial charge in [0.15, 0.2) is 10.7 Å². The maximum Gasteiger partial charge on any atom is 0.271 e. The van der Waals surface area contributed by atoms with E-state index in [0.29, 0.717) is 11.7 Å². The van der Waals surface area contributed by atoms with Crippen molar-refractivity contribution in [2.24, 2.45) is 0 Å². The monoisotopic (exact) mass is 303 g/mol. The van der Waals surface area contributed by atoms with Crippen LogP contribution < -0.4 is 10.9 Å². The van der Waals surface area contributed by atoms with Gasteiger partial charge in [-0.3, -0.25) is 14.2 Å². The molecule has 1 aromatic carbocycles. The molecule has 1 aromatic heterocycles. The maximum absolute atomic E-state index is 12.2. The van der Waals surface area contributed by atoms with Gasteiger partial charge in [-0.2, -0.15) is 4.98 Å². The second kappa shape index (κ2) is 5.61. The summed E-state index contributed by atoms with van der Waals surface area (Å²) in [6.45, 7) is 0.792. The summed E-state index contributed by atoms with van der Waals surface area (Å²) in [5, 5.41) is 12.9. The summed E-state index contributed by atoms with van der Waals surface area (Å²) in [6.07, 6.45) is 0. The predicted molar refractivity (Wildman–Crippen MR) is 78.5 cm³/mol. The summed E-state index contributed by atoms with van der Waals surface area (Å²) < 4.78 is 1.42. The van der Waals surface area contributed by atoms with Gasteiger partial charge in [-0.15, -0.1) is 0 Å². The first kappa shape index (κ1) is 13.7. The van der Waals surface area contributed by atoms with E-state index in [2.05, 4.69) is 10.3 Å². The van der Waals surface area contributed by atoms with Gasteiger partial charge in [0.1, 0.15) is 0 Å². The van der Waals surface area contributed by atoms with Crippen LogP contribution in [-0.4, -0.2) is 26.3 Å². The molecule has 0 saturated carbocycles. The topological polar surface area (TPSA) is 84.2 Å². The van der Waals surface area contributed by atoms with Crippen LogP contribution in [0.25, 0.3) is 0 Å². The van der Waals surface area contributed by atoms with Crippen LogP contribution in [0, 0.1) is 0 Å². The fourth-order valence-corrected chi connectivity index (χ4v) is 3.06. The third-order valence-corrected chi connectivity index (χ3v) is 4.14. The van der Waals surface area contributed by atoms with Gasteiger partial charge in [-0.05, 0) is 5.56 Å². The average molecular weight is 303 g/mol. The Bertz CT molecular complexity index is 743. The Kier molecular flexibility index (Phi) is 3.66. The molecule has 0 bridgehead atoms. The Morgan fingerprint density at radius 2 is 2.14 bits per heavy atom. The summed E-state index contributed by atoms with van der Waals surface area (Å²) >= 11 is 1.39. The summed E-state index contributed by atoms with van der Waals surface area (Å²) in [4.78, 5) is 28.3. The first-order chi connectivity index (χ1) is 10.2. The molecule has 3 rings (SSSR count). The third kappa shape index (κ3) is 2.64. The van der Waals surface area contributed by atoms with Crippen molar-refractivity contribution in [2.75, 3.05) is 5.75 Å². The number of fused-ring (bicyclic) bond motifs is 1. The summed E-state index contributed by atoms with van der Waals surface area (Å²) in [7, 11) is 0. The van der Waals surface area contributed by atoms with Gasteiger partial charge in [0, 0.05) is 18.8 Å². The van der Waals surface area contributed by atoms with Crippen molar-refractivity contribution >= 4 is 17.7 Å². The fourth-order valence-electron chi connectivity index (χ4n) is 2.13. The average Bonchev–Trinajstić information content (AvgIpc) is 2.94. The Hall–Kier alpha value is -2.28. The molecular formula is C14H13N3O3S. The molecule has 108 valence electrons. The zero-order chi connectivity index (χ0) is 14.8. The number of hydrogen-bond donors (Lipinski definition) is 2. The molecule has 6 nitrogen and oxygen atoms in total. The minimum Gasteiger partial charge on any atom is -0.493 e. The standard InChI is InChI=1S/C14H13N3O3S/c18-11(15-8-9-4-2-1-3-5-9)10-12(19)16-14-17(13(10)20)6-7-21-14/h1-5,19H,6-8H2,(H,15,18). The number of thioether (sulfide) groups is 1. The van der Waals surface area contributed by atoms with E-state index in [-0.39, 0.29) is 12.1 Å². The van der Waals surface area contributed by atoms with Gasteiger partial charge in [0.05, 0.1) is 0 Å². The number of rotatable bonds is 3. The molecule has 0 radical (unpaired) electrons. The van der Waals surface area contributed by atoms with Crippen LogP contribution >= 0.6 is 11.8 Å². The van der Waals surface area contributed by atoms with E-state index in [4.69, 9.17) is 0 Å². The molecule has 2 aromatic rings. The molecule has 21 heavy (non-hydrogen) atoms. The van der Waals surface area contributed by atoms with Crippen molar-refractivity contribution < 1.29 is 9.90 Å². The van der Waals surface area contributed by atoms with Gasteiger partial charge < -0.3 is 10.4 Å². The van der Waals surface area contributed by atoms with Crippen molar-refractivity contribution in [3.8, 4) is 5.88 Å². The first-order valence-corrected chi connectivity index (χ1v) is 7.44. The Labute approximate surface area is 124 Å². The van der Waals surface area contributed by atoms with E-state index < -0.39 is 17.3 Å². The van der Waals surface area contributed by atoms with Crippen molar-refractivity contribution in [3.63, 3.8) is 0 Å². The molecule has 1 aliphatic rings. The Balaban J connectivity index is 1.84. The van der Waals surface area contributed by atoms with Crippen molar-refractivity contribution in [1.29, 1.82) is 0 Å². The molecule has 2 N–H and O–H groups in total. The zero-order valence-electron chi connectivity index (χ0n) is 11.1. The molecule has 2 heterocycles. The number of benzene rings is 1. The number of nitrogens with zero attached hydrogens (tertiary/aromatic N) is 2. The molecule has 1 aliphatic heterocycles. The van der Waals surface area contributed by atoms with Crippen LogP contribution in [0.15, 0.2) is 40.3 Å². The van der Waals surface area contributed by atoms with Crippen LogP contribution in [0.4, 0.5) is 0 Å². The molecule has 0 aliphatic carbocycles. The van der Waals surface area contributed by atoms with E-state index in [1.165, 1.54) is 16.3 Å². The van der Waals surface area contributed by atoms with Crippen LogP contribution in [0.5, 0.6) is 5.88 Å². The van der Waals surface area contributed by atoms with Crippen molar-refractivity contribution in [2.45, 2.75) is 18.2 Å². The highest BCUT2D eigenvalue weighted by molar-refractivity contribution is 7.99. The second-order valence-electron chi connectivity index (χ2n) is 4.57. The van der Waals surface area contributed by atoms with Gasteiger partial charge in [0.25, 0.3) is 11.5 Å². The number of hydrogen-bond acceptors (Lipinski definition) is 5. The minimum atomic E-state index is -0.610. The van der Waals surface area contributed by atoms with Gasteiger partial charge in [0.2, 0.25) is 5.88 Å². The van der Waals surface area contributed by atoms with Gasteiger partial charge in [-0.1, -0.05) is 42.1 Å². The van der Waals surface area contributed by atoms with Crippen molar-refractivity contribution in [1.82, 2.24) is 14.9 Å². The highest BCUT2D eigenvalue weighted by Gasteiger charge is 2.24. The second-order valence-corrected chi connectivity index (χ2v) is 5.63. The van der Waals surface area contributed by atoms with E-state index in [1.807, 2.05) is 30.3 Å². The Morgan fingerprint density at radius 3 is 2.90 bits per heavy atom. The van der Waals surface area contributed by atoms with Crippen LogP contribution in [0.3, 0.4) is 0 Å². The fraction of sp³-hybridized carbons (Fsp3) is 0.214. The highest BCUT2D eigenvalue weighted by atomic mass is 32.2. The normalized spacial score (nSPS) is 13.0. The molecule has 0 saturated heterocycles. The van der Waals surface area contributed by atoms with E-state index >= 15 is 0 Å². The van der Waals surface area contributed by atoms with Gasteiger partial charge >= 0.3 is 0 Å². The summed E-state index contributed by atoms with van der Waals surface area (Å²) in [5.74, 6) is -0.399. The summed E-state index contributed by atoms with van der Waals surface area (Å²) in [5.41, 5.74) is 0.125. The smallest absolute Gasteiger partial charge is 0.271 e. The predicted octanol–water partition coefficient (Wildman–Crippen LogP) is 0.985. The van der Waals surface area contributed by atoms with Crippen LogP contribution in [0.1, 0.15) is 15.9 Å². The SMILES string of the molecule is O=C(NCc1ccccc1)c1c(O)nc2n(c1=O)CCS2. The first-order valence-electron chi connectivity index (χ1n) is 6.45. The Morgan fingerprint density at radius 1 is 1.38 bits per heavy atom. The number of carbonyl (C=O) groups is 1. The molecular weight excluding hydrogens is 290 g/mol. The molecule has 0 atom stereocenters. The number of carbonyl (C=O) groups excluding carboxylic acids is 1. The van der Waals surface area contributed by atoms with Gasteiger partial charge in [-0.25, -0.2) is 0 Å². The minimum absolute atomic E-state index is 0.287. The van der Waals surface area contributed by atoms with Crippen LogP contribution in [0.2, 0.25) is 0 Å². The third-order valence-electron chi connectivity index (χ3n) is 3.18. The largest absolute Gasteiger partial charge is 0.493 e. The lowest BCUT2D eigenvalue weighted by Crippen LogP contribution is -2.33. The lowest BCUT2D eigenvalue weighted by Gasteiger charge is -2.08. The van der Waals surface area contributed by atoms with Crippen molar-refractivity contribution in [3.05, 3.63) is 51.8 Å².